The molecule has 0 saturated carbocycles. The summed E-state index contributed by atoms with van der Waals surface area (Å²) in [5.74, 6) is 0.420. The van der Waals surface area contributed by atoms with E-state index in [2.05, 4.69) is 16.0 Å². The molecule has 1 rings (SSSR count). The predicted molar refractivity (Wildman–Crippen MR) is 109 cm³/mol. The summed E-state index contributed by atoms with van der Waals surface area (Å²) < 4.78 is 10.4. The zero-order valence-corrected chi connectivity index (χ0v) is 17.7. The van der Waals surface area contributed by atoms with Crippen molar-refractivity contribution in [3.05, 3.63) is 23.8 Å². The van der Waals surface area contributed by atoms with Gasteiger partial charge in [0.15, 0.2) is 0 Å². The minimum atomic E-state index is -0.631. The lowest BCUT2D eigenvalue weighted by Crippen LogP contribution is -2.51. The molecule has 0 saturated heterocycles. The van der Waals surface area contributed by atoms with Gasteiger partial charge < -0.3 is 25.4 Å². The van der Waals surface area contributed by atoms with E-state index in [1.165, 1.54) is 14.2 Å². The molecule has 0 radical (unpaired) electrons. The molecule has 3 N–H and O–H groups in total. The lowest BCUT2D eigenvalue weighted by atomic mass is 10.0. The van der Waals surface area contributed by atoms with E-state index < -0.39 is 6.04 Å². The first-order valence-electron chi connectivity index (χ1n) is 8.87. The number of likely N-dealkylation sites (N-methyl/N-ethyl adjacent to an activating group) is 1. The van der Waals surface area contributed by atoms with Crippen molar-refractivity contribution in [3.8, 4) is 11.5 Å². The Morgan fingerprint density at radius 3 is 2.04 bits per heavy atom. The van der Waals surface area contributed by atoms with Crippen molar-refractivity contribution < 1.29 is 19.1 Å². The molecule has 1 aromatic rings. The second-order valence-corrected chi connectivity index (χ2v) is 6.50. The van der Waals surface area contributed by atoms with E-state index >= 15 is 0 Å². The number of halogens is 1. The predicted octanol–water partition coefficient (Wildman–Crippen LogP) is 1.99. The van der Waals surface area contributed by atoms with Crippen LogP contribution in [0.15, 0.2) is 18.2 Å². The van der Waals surface area contributed by atoms with Crippen molar-refractivity contribution in [2.24, 2.45) is 5.92 Å². The topological polar surface area (TPSA) is 88.7 Å². The van der Waals surface area contributed by atoms with Crippen LogP contribution in [0.25, 0.3) is 0 Å². The number of carbonyl (C=O) groups excluding carboxylic acids is 2. The van der Waals surface area contributed by atoms with E-state index in [1.54, 1.807) is 18.2 Å². The molecule has 0 aliphatic carbocycles. The maximum atomic E-state index is 12.6. The Kier molecular flexibility index (Phi) is 11.5. The minimum Gasteiger partial charge on any atom is -0.497 e. The molecule has 2 amide bonds. The highest BCUT2D eigenvalue weighted by molar-refractivity contribution is 5.98. The number of hydrogen-bond acceptors (Lipinski definition) is 5. The number of amides is 2. The van der Waals surface area contributed by atoms with Gasteiger partial charge in [0.05, 0.1) is 14.2 Å². The Hall–Kier alpha value is -1.99. The summed E-state index contributed by atoms with van der Waals surface area (Å²) in [5.41, 5.74) is 0.376. The van der Waals surface area contributed by atoms with Gasteiger partial charge in [0.25, 0.3) is 5.91 Å². The highest BCUT2D eigenvalue weighted by Gasteiger charge is 2.25. The molecular formula is C19H32ClN3O4. The largest absolute Gasteiger partial charge is 0.497 e. The van der Waals surface area contributed by atoms with Crippen molar-refractivity contribution in [3.63, 3.8) is 0 Å². The van der Waals surface area contributed by atoms with Crippen molar-refractivity contribution >= 4 is 24.2 Å². The van der Waals surface area contributed by atoms with E-state index in [4.69, 9.17) is 9.47 Å². The summed E-state index contributed by atoms with van der Waals surface area (Å²) in [6.07, 6.45) is 0. The summed E-state index contributed by atoms with van der Waals surface area (Å²) in [7, 11) is 3.04. The number of nitrogens with one attached hydrogen (secondary N) is 3. The number of rotatable bonds is 10. The Balaban J connectivity index is 0.00000676. The van der Waals surface area contributed by atoms with Gasteiger partial charge in [0, 0.05) is 24.2 Å². The molecule has 154 valence electrons. The second-order valence-electron chi connectivity index (χ2n) is 6.50. The van der Waals surface area contributed by atoms with Gasteiger partial charge >= 0.3 is 0 Å². The molecule has 2 atom stereocenters. The van der Waals surface area contributed by atoms with Gasteiger partial charge in [-0.3, -0.25) is 9.59 Å². The molecule has 8 heteroatoms. The van der Waals surface area contributed by atoms with Gasteiger partial charge in [-0.1, -0.05) is 20.8 Å². The van der Waals surface area contributed by atoms with Gasteiger partial charge in [-0.25, -0.2) is 0 Å². The highest BCUT2D eigenvalue weighted by atomic mass is 35.5. The zero-order chi connectivity index (χ0) is 19.7. The van der Waals surface area contributed by atoms with Gasteiger partial charge in [-0.2, -0.15) is 0 Å². The summed E-state index contributed by atoms with van der Waals surface area (Å²) in [6.45, 7) is 9.12. The van der Waals surface area contributed by atoms with Crippen molar-refractivity contribution in [2.45, 2.75) is 39.8 Å². The summed E-state index contributed by atoms with van der Waals surface area (Å²) >= 11 is 0. The Morgan fingerprint density at radius 2 is 1.59 bits per heavy atom. The number of ether oxygens (including phenoxy) is 2. The first kappa shape index (κ1) is 25.0. The van der Waals surface area contributed by atoms with Crippen LogP contribution >= 0.6 is 12.4 Å². The molecule has 0 aliphatic rings. The average molecular weight is 402 g/mol. The summed E-state index contributed by atoms with van der Waals surface area (Å²) in [5, 5.41) is 8.92. The van der Waals surface area contributed by atoms with Gasteiger partial charge in [-0.05, 0) is 31.5 Å². The average Bonchev–Trinajstić information content (AvgIpc) is 2.63. The fourth-order valence-electron chi connectivity index (χ4n) is 2.48. The number of hydrogen-bond donors (Lipinski definition) is 3. The van der Waals surface area contributed by atoms with E-state index in [9.17, 15) is 9.59 Å². The molecule has 0 fully saturated rings. The highest BCUT2D eigenvalue weighted by Crippen LogP contribution is 2.22. The normalized spacial score (nSPS) is 12.6. The van der Waals surface area contributed by atoms with Crippen LogP contribution in [0.3, 0.4) is 0 Å². The van der Waals surface area contributed by atoms with E-state index in [0.717, 1.165) is 6.54 Å². The van der Waals surface area contributed by atoms with Gasteiger partial charge in [0.1, 0.15) is 17.5 Å². The lowest BCUT2D eigenvalue weighted by molar-refractivity contribution is -0.124. The molecule has 1 unspecified atom stereocenters. The fraction of sp³-hybridized carbons (Fsp3) is 0.579. The zero-order valence-electron chi connectivity index (χ0n) is 16.9. The Morgan fingerprint density at radius 1 is 1.04 bits per heavy atom. The minimum absolute atomic E-state index is 0. The standard InChI is InChI=1S/C19H31N3O4.ClH/c1-7-20-13(4)11-21-19(24)17(12(2)3)22-18(23)14-8-15(25-5)10-16(9-14)26-6;/h8-10,12-13,17,20H,7,11H2,1-6H3,(H,21,24)(H,22,23);1H/t13-,17?;/m1./s1. The van der Waals surface area contributed by atoms with Crippen molar-refractivity contribution in [1.29, 1.82) is 0 Å². The van der Waals surface area contributed by atoms with Crippen LogP contribution in [0.5, 0.6) is 11.5 Å². The van der Waals surface area contributed by atoms with Crippen LogP contribution in [0.2, 0.25) is 0 Å². The second kappa shape index (κ2) is 12.4. The van der Waals surface area contributed by atoms with Crippen molar-refractivity contribution in [2.75, 3.05) is 27.3 Å². The fourth-order valence-corrected chi connectivity index (χ4v) is 2.48. The molecule has 0 aliphatic heterocycles. The molecule has 1 aromatic carbocycles. The van der Waals surface area contributed by atoms with Crippen LogP contribution in [-0.2, 0) is 4.79 Å². The third-order valence-corrected chi connectivity index (χ3v) is 3.98. The van der Waals surface area contributed by atoms with E-state index in [0.29, 0.717) is 23.6 Å². The molecule has 0 bridgehead atoms. The van der Waals surface area contributed by atoms with Gasteiger partial charge in [0.2, 0.25) is 5.91 Å². The summed E-state index contributed by atoms with van der Waals surface area (Å²) in [4.78, 5) is 25.1. The molecule has 7 nitrogen and oxygen atoms in total. The number of methoxy groups -OCH3 is 2. The number of carbonyl (C=O) groups is 2. The van der Waals surface area contributed by atoms with Crippen LogP contribution in [0.4, 0.5) is 0 Å². The van der Waals surface area contributed by atoms with Crippen LogP contribution in [0, 0.1) is 5.92 Å². The molecule has 0 spiro atoms. The first-order chi connectivity index (χ1) is 12.3. The van der Waals surface area contributed by atoms with E-state index in [-0.39, 0.29) is 36.2 Å². The Labute approximate surface area is 168 Å². The maximum absolute atomic E-state index is 12.6. The third kappa shape index (κ3) is 8.05. The molecule has 0 heterocycles. The van der Waals surface area contributed by atoms with Crippen LogP contribution in [-0.4, -0.2) is 51.2 Å². The Bertz CT molecular complexity index is 588. The van der Waals surface area contributed by atoms with Gasteiger partial charge in [-0.15, -0.1) is 12.4 Å². The van der Waals surface area contributed by atoms with Crippen molar-refractivity contribution in [1.82, 2.24) is 16.0 Å². The quantitative estimate of drug-likeness (QED) is 0.558. The monoisotopic (exact) mass is 401 g/mol. The van der Waals surface area contributed by atoms with Crippen LogP contribution in [0.1, 0.15) is 38.1 Å². The van der Waals surface area contributed by atoms with E-state index in [1.807, 2.05) is 27.7 Å². The molecular weight excluding hydrogens is 370 g/mol. The SMILES string of the molecule is CCN[C@H](C)CNC(=O)C(NC(=O)c1cc(OC)cc(OC)c1)C(C)C.Cl. The molecule has 0 aromatic heterocycles. The maximum Gasteiger partial charge on any atom is 0.252 e. The lowest BCUT2D eigenvalue weighted by Gasteiger charge is -2.23. The third-order valence-electron chi connectivity index (χ3n) is 3.98. The smallest absolute Gasteiger partial charge is 0.252 e. The number of benzene rings is 1. The van der Waals surface area contributed by atoms with Crippen LogP contribution < -0.4 is 25.4 Å². The molecule has 27 heavy (non-hydrogen) atoms. The summed E-state index contributed by atoms with van der Waals surface area (Å²) in [6, 6.07) is 4.44. The first-order valence-corrected chi connectivity index (χ1v) is 8.87.